The molecule has 0 spiro atoms. The average molecular weight is 255 g/mol. The Balaban J connectivity index is 2.22. The van der Waals surface area contributed by atoms with Crippen molar-refractivity contribution < 1.29 is 0 Å². The minimum Gasteiger partial charge on any atom is -0.261 e. The molecule has 19 heavy (non-hydrogen) atoms. The minimum absolute atomic E-state index is 0.370. The van der Waals surface area contributed by atoms with Gasteiger partial charge in [0.05, 0.1) is 0 Å². The molecule has 0 aliphatic rings. The molecule has 0 saturated carbocycles. The lowest BCUT2D eigenvalue weighted by Gasteiger charge is -2.15. The van der Waals surface area contributed by atoms with Crippen LogP contribution in [0.3, 0.4) is 0 Å². The Bertz CT molecular complexity index is 535. The highest BCUT2D eigenvalue weighted by molar-refractivity contribution is 5.27. The summed E-state index contributed by atoms with van der Waals surface area (Å²) in [5.74, 6) is 0.807. The maximum atomic E-state index is 4.45. The van der Waals surface area contributed by atoms with Crippen molar-refractivity contribution in [1.82, 2.24) is 15.0 Å². The van der Waals surface area contributed by atoms with Crippen LogP contribution in [0.15, 0.2) is 30.7 Å². The second kappa shape index (κ2) is 5.91. The fraction of sp³-hybridized carbons (Fsp3) is 0.438. The summed E-state index contributed by atoms with van der Waals surface area (Å²) in [6, 6.07) is 6.05. The molecule has 3 heteroatoms. The lowest BCUT2D eigenvalue weighted by molar-refractivity contribution is 0.697. The highest BCUT2D eigenvalue weighted by Crippen LogP contribution is 2.23. The maximum Gasteiger partial charge on any atom is 0.115 e. The first-order chi connectivity index (χ1) is 9.09. The van der Waals surface area contributed by atoms with Gasteiger partial charge in [0.1, 0.15) is 6.33 Å². The van der Waals surface area contributed by atoms with Gasteiger partial charge < -0.3 is 0 Å². The summed E-state index contributed by atoms with van der Waals surface area (Å²) in [5.41, 5.74) is 4.63. The third-order valence-corrected chi connectivity index (χ3v) is 3.47. The first kappa shape index (κ1) is 13.7. The molecule has 0 bridgehead atoms. The Morgan fingerprint density at radius 3 is 2.47 bits per heavy atom. The van der Waals surface area contributed by atoms with Crippen LogP contribution in [0.25, 0.3) is 0 Å². The van der Waals surface area contributed by atoms with Crippen molar-refractivity contribution in [1.29, 1.82) is 0 Å². The first-order valence-electron chi connectivity index (χ1n) is 6.81. The van der Waals surface area contributed by atoms with Crippen molar-refractivity contribution in [2.45, 2.75) is 46.0 Å². The van der Waals surface area contributed by atoms with E-state index in [0.717, 1.165) is 23.5 Å². The Morgan fingerprint density at radius 1 is 1.05 bits per heavy atom. The Hall–Kier alpha value is -1.77. The van der Waals surface area contributed by atoms with E-state index in [4.69, 9.17) is 0 Å². The number of hydrogen-bond acceptors (Lipinski definition) is 3. The fourth-order valence-corrected chi connectivity index (χ4v) is 2.35. The average Bonchev–Trinajstić information content (AvgIpc) is 2.41. The predicted octanol–water partition coefficient (Wildman–Crippen LogP) is 3.65. The van der Waals surface area contributed by atoms with Crippen molar-refractivity contribution in [2.24, 2.45) is 0 Å². The summed E-state index contributed by atoms with van der Waals surface area (Å²) < 4.78 is 0. The van der Waals surface area contributed by atoms with Crippen LogP contribution in [0.1, 0.15) is 55.3 Å². The SMILES string of the molecule is Cc1c(CC(C)c2ccccn2)ncnc1C(C)C. The monoisotopic (exact) mass is 255 g/mol. The van der Waals surface area contributed by atoms with E-state index in [-0.39, 0.29) is 0 Å². The van der Waals surface area contributed by atoms with Gasteiger partial charge in [-0.2, -0.15) is 0 Å². The number of pyridine rings is 1. The molecular weight excluding hydrogens is 234 g/mol. The molecule has 0 aliphatic heterocycles. The quantitative estimate of drug-likeness (QED) is 0.837. The van der Waals surface area contributed by atoms with Crippen LogP contribution in [-0.4, -0.2) is 15.0 Å². The number of rotatable bonds is 4. The van der Waals surface area contributed by atoms with Crippen LogP contribution >= 0.6 is 0 Å². The van der Waals surface area contributed by atoms with E-state index in [0.29, 0.717) is 11.8 Å². The van der Waals surface area contributed by atoms with E-state index in [2.05, 4.69) is 48.7 Å². The van der Waals surface area contributed by atoms with E-state index < -0.39 is 0 Å². The number of nitrogens with zero attached hydrogens (tertiary/aromatic N) is 3. The van der Waals surface area contributed by atoms with Gasteiger partial charge in [-0.25, -0.2) is 9.97 Å². The molecule has 1 atom stereocenters. The molecule has 2 aromatic heterocycles. The van der Waals surface area contributed by atoms with Crippen molar-refractivity contribution in [3.8, 4) is 0 Å². The van der Waals surface area contributed by atoms with E-state index in [1.807, 2.05) is 18.3 Å². The first-order valence-corrected chi connectivity index (χ1v) is 6.81. The molecule has 0 amide bonds. The molecule has 0 saturated heterocycles. The summed E-state index contributed by atoms with van der Waals surface area (Å²) in [5, 5.41) is 0. The summed E-state index contributed by atoms with van der Waals surface area (Å²) in [4.78, 5) is 13.3. The van der Waals surface area contributed by atoms with Crippen LogP contribution in [0.2, 0.25) is 0 Å². The van der Waals surface area contributed by atoms with E-state index in [9.17, 15) is 0 Å². The van der Waals surface area contributed by atoms with Crippen LogP contribution < -0.4 is 0 Å². The summed E-state index contributed by atoms with van der Waals surface area (Å²) in [7, 11) is 0. The maximum absolute atomic E-state index is 4.45. The Morgan fingerprint density at radius 2 is 1.84 bits per heavy atom. The van der Waals surface area contributed by atoms with Gasteiger partial charge in [-0.15, -0.1) is 0 Å². The third kappa shape index (κ3) is 3.16. The van der Waals surface area contributed by atoms with Crippen LogP contribution in [-0.2, 0) is 6.42 Å². The van der Waals surface area contributed by atoms with Crippen LogP contribution in [0, 0.1) is 6.92 Å². The third-order valence-electron chi connectivity index (χ3n) is 3.47. The second-order valence-corrected chi connectivity index (χ2v) is 5.35. The molecule has 0 aromatic carbocycles. The van der Waals surface area contributed by atoms with Crippen LogP contribution in [0.4, 0.5) is 0 Å². The number of hydrogen-bond donors (Lipinski definition) is 0. The van der Waals surface area contributed by atoms with Gasteiger partial charge in [0.2, 0.25) is 0 Å². The van der Waals surface area contributed by atoms with Gasteiger partial charge >= 0.3 is 0 Å². The van der Waals surface area contributed by atoms with Gasteiger partial charge in [-0.05, 0) is 37.0 Å². The molecular formula is C16H21N3. The van der Waals surface area contributed by atoms with Crippen molar-refractivity contribution >= 4 is 0 Å². The van der Waals surface area contributed by atoms with Crippen molar-refractivity contribution in [3.63, 3.8) is 0 Å². The zero-order valence-electron chi connectivity index (χ0n) is 12.1. The molecule has 0 radical (unpaired) electrons. The Labute approximate surface area is 115 Å². The summed E-state index contributed by atoms with van der Waals surface area (Å²) >= 11 is 0. The molecule has 2 heterocycles. The molecule has 100 valence electrons. The summed E-state index contributed by atoms with van der Waals surface area (Å²) in [6.45, 7) is 8.65. The molecule has 0 aliphatic carbocycles. The molecule has 2 aromatic rings. The number of aromatic nitrogens is 3. The highest BCUT2D eigenvalue weighted by Gasteiger charge is 2.14. The molecule has 3 nitrogen and oxygen atoms in total. The second-order valence-electron chi connectivity index (χ2n) is 5.35. The molecule has 1 unspecified atom stereocenters. The summed E-state index contributed by atoms with van der Waals surface area (Å²) in [6.07, 6.45) is 4.44. The normalized spacial score (nSPS) is 12.7. The van der Waals surface area contributed by atoms with Crippen LogP contribution in [0.5, 0.6) is 0 Å². The minimum atomic E-state index is 0.370. The van der Waals surface area contributed by atoms with Gasteiger partial charge in [0.15, 0.2) is 0 Å². The standard InChI is InChI=1S/C16H21N3/c1-11(2)16-13(4)15(18-10-19-16)9-12(3)14-7-5-6-8-17-14/h5-8,10-12H,9H2,1-4H3. The molecule has 0 fully saturated rings. The largest absolute Gasteiger partial charge is 0.261 e. The van der Waals surface area contributed by atoms with Gasteiger partial charge in [-0.1, -0.05) is 26.8 Å². The van der Waals surface area contributed by atoms with Crippen molar-refractivity contribution in [2.75, 3.05) is 0 Å². The zero-order chi connectivity index (χ0) is 13.8. The van der Waals surface area contributed by atoms with Crippen molar-refractivity contribution in [3.05, 3.63) is 53.4 Å². The highest BCUT2D eigenvalue weighted by atomic mass is 14.8. The van der Waals surface area contributed by atoms with E-state index >= 15 is 0 Å². The smallest absolute Gasteiger partial charge is 0.115 e. The van der Waals surface area contributed by atoms with E-state index in [1.54, 1.807) is 6.33 Å². The lowest BCUT2D eigenvalue weighted by atomic mass is 9.96. The van der Waals surface area contributed by atoms with Gasteiger partial charge in [0.25, 0.3) is 0 Å². The van der Waals surface area contributed by atoms with E-state index in [1.165, 1.54) is 5.56 Å². The van der Waals surface area contributed by atoms with Gasteiger partial charge in [0, 0.05) is 29.2 Å². The van der Waals surface area contributed by atoms with Gasteiger partial charge in [-0.3, -0.25) is 4.98 Å². The molecule has 2 rings (SSSR count). The fourth-order valence-electron chi connectivity index (χ4n) is 2.35. The Kier molecular flexibility index (Phi) is 4.25. The topological polar surface area (TPSA) is 38.7 Å². The zero-order valence-corrected chi connectivity index (χ0v) is 12.1. The molecule has 0 N–H and O–H groups in total. The lowest BCUT2D eigenvalue weighted by Crippen LogP contribution is -2.08. The predicted molar refractivity (Wildman–Crippen MR) is 77.2 cm³/mol.